The van der Waals surface area contributed by atoms with E-state index in [-0.39, 0.29) is 0 Å². The van der Waals surface area contributed by atoms with Crippen molar-refractivity contribution in [2.24, 2.45) is 0 Å². The fourth-order valence-corrected chi connectivity index (χ4v) is 2.85. The molecular formula is C11H15N3OS2. The molecule has 0 saturated carbocycles. The molecule has 17 heavy (non-hydrogen) atoms. The second-order valence-electron chi connectivity index (χ2n) is 3.54. The molecule has 0 aliphatic rings. The summed E-state index contributed by atoms with van der Waals surface area (Å²) >= 11 is 3.10. The maximum Gasteiger partial charge on any atom is 0.170 e. The largest absolute Gasteiger partial charge is 0.464 e. The van der Waals surface area contributed by atoms with E-state index in [0.717, 1.165) is 40.5 Å². The van der Waals surface area contributed by atoms with Crippen LogP contribution in [0.3, 0.4) is 0 Å². The summed E-state index contributed by atoms with van der Waals surface area (Å²) in [4.78, 5) is 4.30. The smallest absolute Gasteiger partial charge is 0.170 e. The molecule has 0 bridgehead atoms. The predicted octanol–water partition coefficient (Wildman–Crippen LogP) is 2.84. The Labute approximate surface area is 109 Å². The second-order valence-corrected chi connectivity index (χ2v) is 5.52. The summed E-state index contributed by atoms with van der Waals surface area (Å²) in [5, 5.41) is 3.23. The van der Waals surface area contributed by atoms with E-state index in [0.29, 0.717) is 0 Å². The van der Waals surface area contributed by atoms with Crippen LogP contribution in [0.4, 0.5) is 0 Å². The Balaban J connectivity index is 1.84. The lowest BCUT2D eigenvalue weighted by atomic mass is 10.4. The number of hydrogen-bond donors (Lipinski definition) is 1. The number of aryl methyl sites for hydroxylation is 1. The molecule has 0 spiro atoms. The number of rotatable bonds is 6. The van der Waals surface area contributed by atoms with Gasteiger partial charge in [0.05, 0.1) is 12.3 Å². The van der Waals surface area contributed by atoms with Crippen molar-refractivity contribution in [3.05, 3.63) is 29.5 Å². The highest BCUT2D eigenvalue weighted by atomic mass is 32.2. The van der Waals surface area contributed by atoms with Crippen LogP contribution in [-0.4, -0.2) is 15.9 Å². The molecule has 2 aromatic rings. The zero-order chi connectivity index (χ0) is 12.1. The van der Waals surface area contributed by atoms with Crippen LogP contribution in [-0.2, 0) is 12.3 Å². The number of hydrogen-bond acceptors (Lipinski definition) is 6. The van der Waals surface area contributed by atoms with Crippen molar-refractivity contribution >= 4 is 23.3 Å². The van der Waals surface area contributed by atoms with Gasteiger partial charge in [0.1, 0.15) is 17.3 Å². The standard InChI is InChI=1S/C11H15N3OS2/c1-3-12-6-9-4-5-10(15-9)7-16-11-13-8(2)14-17-11/h4-5,12H,3,6-7H2,1-2H3. The molecule has 0 aromatic carbocycles. The van der Waals surface area contributed by atoms with Gasteiger partial charge >= 0.3 is 0 Å². The van der Waals surface area contributed by atoms with Crippen LogP contribution in [0.2, 0.25) is 0 Å². The lowest BCUT2D eigenvalue weighted by molar-refractivity contribution is 0.463. The van der Waals surface area contributed by atoms with Gasteiger partial charge in [0, 0.05) is 0 Å². The van der Waals surface area contributed by atoms with E-state index in [2.05, 4.69) is 21.6 Å². The third-order valence-corrected chi connectivity index (χ3v) is 4.06. The van der Waals surface area contributed by atoms with Crippen molar-refractivity contribution in [2.75, 3.05) is 6.54 Å². The molecule has 0 fully saturated rings. The summed E-state index contributed by atoms with van der Waals surface area (Å²) in [6.45, 7) is 5.73. The van der Waals surface area contributed by atoms with Crippen LogP contribution in [0.25, 0.3) is 0 Å². The van der Waals surface area contributed by atoms with E-state index in [1.807, 2.05) is 19.1 Å². The Morgan fingerprint density at radius 2 is 2.24 bits per heavy atom. The van der Waals surface area contributed by atoms with Crippen molar-refractivity contribution in [3.8, 4) is 0 Å². The molecule has 4 nitrogen and oxygen atoms in total. The molecule has 2 aromatic heterocycles. The molecule has 0 aliphatic heterocycles. The molecule has 2 rings (SSSR count). The van der Waals surface area contributed by atoms with Crippen molar-refractivity contribution in [1.29, 1.82) is 0 Å². The van der Waals surface area contributed by atoms with E-state index in [1.54, 1.807) is 11.8 Å². The Morgan fingerprint density at radius 1 is 1.41 bits per heavy atom. The average Bonchev–Trinajstić information content (AvgIpc) is 2.93. The number of furan rings is 1. The predicted molar refractivity (Wildman–Crippen MR) is 70.3 cm³/mol. The van der Waals surface area contributed by atoms with Gasteiger partial charge in [-0.3, -0.25) is 0 Å². The Morgan fingerprint density at radius 3 is 2.94 bits per heavy atom. The summed E-state index contributed by atoms with van der Waals surface area (Å²) in [5.41, 5.74) is 0. The monoisotopic (exact) mass is 269 g/mol. The van der Waals surface area contributed by atoms with Crippen LogP contribution in [0.15, 0.2) is 20.9 Å². The van der Waals surface area contributed by atoms with Crippen LogP contribution < -0.4 is 5.32 Å². The zero-order valence-corrected chi connectivity index (χ0v) is 11.5. The highest BCUT2D eigenvalue weighted by Crippen LogP contribution is 2.25. The molecule has 6 heteroatoms. The van der Waals surface area contributed by atoms with E-state index in [9.17, 15) is 0 Å². The number of nitrogens with one attached hydrogen (secondary N) is 1. The van der Waals surface area contributed by atoms with Crippen molar-refractivity contribution < 1.29 is 4.42 Å². The zero-order valence-electron chi connectivity index (χ0n) is 9.90. The lowest BCUT2D eigenvalue weighted by Gasteiger charge is -1.97. The molecule has 0 aliphatic carbocycles. The van der Waals surface area contributed by atoms with Gasteiger partial charge in [0.2, 0.25) is 0 Å². The first-order chi connectivity index (χ1) is 8.28. The van der Waals surface area contributed by atoms with Crippen molar-refractivity contribution in [3.63, 3.8) is 0 Å². The average molecular weight is 269 g/mol. The van der Waals surface area contributed by atoms with Gasteiger partial charge < -0.3 is 9.73 Å². The minimum absolute atomic E-state index is 0.791. The molecule has 0 saturated heterocycles. The number of thioether (sulfide) groups is 1. The second kappa shape index (κ2) is 6.18. The molecule has 0 atom stereocenters. The summed E-state index contributed by atoms with van der Waals surface area (Å²) in [5.74, 6) is 3.61. The Kier molecular flexibility index (Phi) is 4.58. The van der Waals surface area contributed by atoms with Gasteiger partial charge in [-0.1, -0.05) is 18.7 Å². The summed E-state index contributed by atoms with van der Waals surface area (Å²) in [7, 11) is 0. The van der Waals surface area contributed by atoms with Gasteiger partial charge in [-0.2, -0.15) is 4.37 Å². The summed E-state index contributed by atoms with van der Waals surface area (Å²) < 4.78 is 10.8. The first-order valence-electron chi connectivity index (χ1n) is 5.49. The minimum atomic E-state index is 0.791. The fraction of sp³-hybridized carbons (Fsp3) is 0.455. The molecular weight excluding hydrogens is 254 g/mol. The van der Waals surface area contributed by atoms with Gasteiger partial charge in [-0.05, 0) is 37.1 Å². The van der Waals surface area contributed by atoms with Crippen LogP contribution in [0, 0.1) is 6.92 Å². The molecule has 0 radical (unpaired) electrons. The van der Waals surface area contributed by atoms with E-state index in [4.69, 9.17) is 4.42 Å². The van der Waals surface area contributed by atoms with Crippen LogP contribution in [0.1, 0.15) is 24.3 Å². The lowest BCUT2D eigenvalue weighted by Crippen LogP contribution is -2.10. The maximum atomic E-state index is 5.69. The maximum absolute atomic E-state index is 5.69. The molecule has 1 N–H and O–H groups in total. The Bertz CT molecular complexity index is 467. The summed E-state index contributed by atoms with van der Waals surface area (Å²) in [6, 6.07) is 4.04. The number of aromatic nitrogens is 2. The van der Waals surface area contributed by atoms with Gasteiger partial charge in [0.15, 0.2) is 4.34 Å². The minimum Gasteiger partial charge on any atom is -0.464 e. The van der Waals surface area contributed by atoms with Crippen molar-refractivity contribution in [1.82, 2.24) is 14.7 Å². The van der Waals surface area contributed by atoms with E-state index >= 15 is 0 Å². The van der Waals surface area contributed by atoms with Crippen molar-refractivity contribution in [2.45, 2.75) is 30.5 Å². The fourth-order valence-electron chi connectivity index (χ4n) is 1.31. The SMILES string of the molecule is CCNCc1ccc(CSc2nc(C)ns2)o1. The van der Waals surface area contributed by atoms with Gasteiger partial charge in [-0.25, -0.2) is 4.98 Å². The highest BCUT2D eigenvalue weighted by molar-refractivity contribution is 8.00. The quantitative estimate of drug-likeness (QED) is 0.817. The van der Waals surface area contributed by atoms with Crippen LogP contribution >= 0.6 is 23.3 Å². The topological polar surface area (TPSA) is 51.0 Å². The van der Waals surface area contributed by atoms with E-state index in [1.165, 1.54) is 11.5 Å². The Hall–Kier alpha value is -0.850. The molecule has 2 heterocycles. The van der Waals surface area contributed by atoms with E-state index < -0.39 is 0 Å². The number of nitrogens with zero attached hydrogens (tertiary/aromatic N) is 2. The molecule has 92 valence electrons. The van der Waals surface area contributed by atoms with Crippen LogP contribution in [0.5, 0.6) is 0 Å². The molecule has 0 amide bonds. The van der Waals surface area contributed by atoms with Gasteiger partial charge in [-0.15, -0.1) is 0 Å². The third-order valence-electron chi connectivity index (χ3n) is 2.11. The van der Waals surface area contributed by atoms with Gasteiger partial charge in [0.25, 0.3) is 0 Å². The molecule has 0 unspecified atom stereocenters. The normalized spacial score (nSPS) is 10.9. The summed E-state index contributed by atoms with van der Waals surface area (Å²) in [6.07, 6.45) is 0. The first-order valence-corrected chi connectivity index (χ1v) is 7.25. The third kappa shape index (κ3) is 3.83. The first kappa shape index (κ1) is 12.6. The highest BCUT2D eigenvalue weighted by Gasteiger charge is 2.05.